The first-order chi connectivity index (χ1) is 11.7. The van der Waals surface area contributed by atoms with Crippen LogP contribution in [0.3, 0.4) is 0 Å². The van der Waals surface area contributed by atoms with Crippen molar-refractivity contribution in [3.63, 3.8) is 0 Å². The van der Waals surface area contributed by atoms with Crippen molar-refractivity contribution in [2.75, 3.05) is 25.9 Å². The van der Waals surface area contributed by atoms with Gasteiger partial charge in [-0.3, -0.25) is 10.1 Å². The standard InChI is InChI=1S/C14H17N3O7S/c1-25(22,23)16-7-6-15(8-13(16)9-18)14(19)24-10-11-2-4-12(5-3-11)17(20)21/h2-5,9,13H,6-8,10H2,1H3. The Balaban J connectivity index is 1.93. The summed E-state index contributed by atoms with van der Waals surface area (Å²) in [7, 11) is -3.53. The summed E-state index contributed by atoms with van der Waals surface area (Å²) in [5, 5.41) is 10.6. The first-order valence-corrected chi connectivity index (χ1v) is 9.14. The molecule has 0 aliphatic carbocycles. The molecule has 1 aliphatic heterocycles. The van der Waals surface area contributed by atoms with E-state index in [1.165, 1.54) is 29.2 Å². The molecule has 11 heteroatoms. The fraction of sp³-hybridized carbons (Fsp3) is 0.429. The van der Waals surface area contributed by atoms with Gasteiger partial charge in [0, 0.05) is 31.8 Å². The van der Waals surface area contributed by atoms with Crippen LogP contribution in [0.4, 0.5) is 10.5 Å². The number of nitro benzene ring substituents is 1. The Morgan fingerprint density at radius 3 is 2.52 bits per heavy atom. The molecule has 1 unspecified atom stereocenters. The maximum absolute atomic E-state index is 12.1. The van der Waals surface area contributed by atoms with Crippen molar-refractivity contribution in [1.29, 1.82) is 0 Å². The SMILES string of the molecule is CS(=O)(=O)N1CCN(C(=O)OCc2ccc([N+](=O)[O-])cc2)CC1C=O. The van der Waals surface area contributed by atoms with Gasteiger partial charge < -0.3 is 14.4 Å². The van der Waals surface area contributed by atoms with Crippen LogP contribution >= 0.6 is 0 Å². The summed E-state index contributed by atoms with van der Waals surface area (Å²) in [6, 6.07) is 4.60. The van der Waals surface area contributed by atoms with Crippen LogP contribution in [0.1, 0.15) is 5.56 Å². The van der Waals surface area contributed by atoms with Gasteiger partial charge in [-0.2, -0.15) is 4.31 Å². The molecule has 1 heterocycles. The number of non-ortho nitro benzene ring substituents is 1. The van der Waals surface area contributed by atoms with Gasteiger partial charge in [0.1, 0.15) is 12.9 Å². The quantitative estimate of drug-likeness (QED) is 0.416. The average molecular weight is 371 g/mol. The van der Waals surface area contributed by atoms with Crippen molar-refractivity contribution in [2.24, 2.45) is 0 Å². The number of piperazine rings is 1. The number of benzene rings is 1. The predicted octanol–water partition coefficient (Wildman–Crippen LogP) is 0.376. The summed E-state index contributed by atoms with van der Waals surface area (Å²) in [6.07, 6.45) is 0.807. The van der Waals surface area contributed by atoms with E-state index in [0.29, 0.717) is 11.8 Å². The van der Waals surface area contributed by atoms with Gasteiger partial charge in [-0.25, -0.2) is 13.2 Å². The number of nitro groups is 1. The number of aldehydes is 1. The third-order valence-electron chi connectivity index (χ3n) is 3.72. The molecule has 1 aromatic carbocycles. The number of nitrogens with zero attached hydrogens (tertiary/aromatic N) is 3. The molecule has 1 saturated heterocycles. The van der Waals surface area contributed by atoms with Gasteiger partial charge in [-0.1, -0.05) is 0 Å². The van der Waals surface area contributed by atoms with Crippen LogP contribution < -0.4 is 0 Å². The summed E-state index contributed by atoms with van der Waals surface area (Å²) in [5.41, 5.74) is 0.501. The van der Waals surface area contributed by atoms with E-state index in [2.05, 4.69) is 0 Å². The van der Waals surface area contributed by atoms with Crippen LogP contribution in [0.25, 0.3) is 0 Å². The molecule has 1 atom stereocenters. The number of hydrogen-bond acceptors (Lipinski definition) is 7. The lowest BCUT2D eigenvalue weighted by Gasteiger charge is -2.36. The van der Waals surface area contributed by atoms with Crippen molar-refractivity contribution < 1.29 is 27.7 Å². The fourth-order valence-corrected chi connectivity index (χ4v) is 3.45. The highest BCUT2D eigenvalue weighted by Gasteiger charge is 2.34. The van der Waals surface area contributed by atoms with Gasteiger partial charge in [0.05, 0.1) is 17.2 Å². The molecule has 1 aromatic rings. The first-order valence-electron chi connectivity index (χ1n) is 7.29. The fourth-order valence-electron chi connectivity index (χ4n) is 2.43. The van der Waals surface area contributed by atoms with E-state index in [-0.39, 0.29) is 31.9 Å². The summed E-state index contributed by atoms with van der Waals surface area (Å²) in [6.45, 7) is -0.0596. The second kappa shape index (κ2) is 7.57. The van der Waals surface area contributed by atoms with Crippen molar-refractivity contribution in [1.82, 2.24) is 9.21 Å². The van der Waals surface area contributed by atoms with E-state index in [0.717, 1.165) is 10.6 Å². The van der Waals surface area contributed by atoms with Crippen molar-refractivity contribution in [2.45, 2.75) is 12.6 Å². The van der Waals surface area contributed by atoms with Crippen molar-refractivity contribution >= 4 is 28.1 Å². The lowest BCUT2D eigenvalue weighted by molar-refractivity contribution is -0.384. The molecule has 0 aromatic heterocycles. The largest absolute Gasteiger partial charge is 0.445 e. The number of amides is 1. The molecule has 0 radical (unpaired) electrons. The molecule has 10 nitrogen and oxygen atoms in total. The monoisotopic (exact) mass is 371 g/mol. The maximum Gasteiger partial charge on any atom is 0.410 e. The summed E-state index contributed by atoms with van der Waals surface area (Å²) >= 11 is 0. The zero-order valence-electron chi connectivity index (χ0n) is 13.4. The lowest BCUT2D eigenvalue weighted by Crippen LogP contribution is -2.56. The molecule has 0 spiro atoms. The number of rotatable bonds is 5. The topological polar surface area (TPSA) is 127 Å². The number of carbonyl (C=O) groups is 2. The minimum absolute atomic E-state index is 0.00880. The molecular formula is C14H17N3O7S. The van der Waals surface area contributed by atoms with E-state index in [9.17, 15) is 28.1 Å². The highest BCUT2D eigenvalue weighted by Crippen LogP contribution is 2.15. The van der Waals surface area contributed by atoms with Gasteiger partial charge in [0.15, 0.2) is 0 Å². The minimum atomic E-state index is -3.53. The van der Waals surface area contributed by atoms with E-state index >= 15 is 0 Å². The molecule has 136 valence electrons. The second-order valence-electron chi connectivity index (χ2n) is 5.50. The molecule has 0 bridgehead atoms. The lowest BCUT2D eigenvalue weighted by atomic mass is 10.2. The van der Waals surface area contributed by atoms with Crippen molar-refractivity contribution in [3.05, 3.63) is 39.9 Å². The molecule has 1 amide bonds. The molecule has 0 saturated carbocycles. The molecule has 0 N–H and O–H groups in total. The summed E-state index contributed by atoms with van der Waals surface area (Å²) < 4.78 is 29.4. The van der Waals surface area contributed by atoms with Crippen LogP contribution in [0, 0.1) is 10.1 Å². The van der Waals surface area contributed by atoms with Crippen LogP contribution in [-0.4, -0.2) is 66.9 Å². The number of sulfonamides is 1. The smallest absolute Gasteiger partial charge is 0.410 e. The Morgan fingerprint density at radius 2 is 2.00 bits per heavy atom. The summed E-state index contributed by atoms with van der Waals surface area (Å²) in [4.78, 5) is 34.5. The Kier molecular flexibility index (Phi) is 5.69. The predicted molar refractivity (Wildman–Crippen MR) is 86.3 cm³/mol. The first kappa shape index (κ1) is 18.8. The Bertz CT molecular complexity index is 763. The zero-order valence-corrected chi connectivity index (χ0v) is 14.2. The van der Waals surface area contributed by atoms with E-state index in [1.54, 1.807) is 0 Å². The minimum Gasteiger partial charge on any atom is -0.445 e. The van der Waals surface area contributed by atoms with Gasteiger partial charge in [0.2, 0.25) is 10.0 Å². The second-order valence-corrected chi connectivity index (χ2v) is 7.44. The van der Waals surface area contributed by atoms with Crippen LogP contribution in [0.15, 0.2) is 24.3 Å². The van der Waals surface area contributed by atoms with Gasteiger partial charge in [0.25, 0.3) is 5.69 Å². The Morgan fingerprint density at radius 1 is 1.36 bits per heavy atom. The third-order valence-corrected chi connectivity index (χ3v) is 5.02. The number of hydrogen-bond donors (Lipinski definition) is 0. The van der Waals surface area contributed by atoms with E-state index < -0.39 is 27.1 Å². The summed E-state index contributed by atoms with van der Waals surface area (Å²) in [5.74, 6) is 0. The van der Waals surface area contributed by atoms with Crippen LogP contribution in [0.2, 0.25) is 0 Å². The van der Waals surface area contributed by atoms with E-state index in [1.807, 2.05) is 0 Å². The number of ether oxygens (including phenoxy) is 1. The van der Waals surface area contributed by atoms with Gasteiger partial charge >= 0.3 is 6.09 Å². The number of carbonyl (C=O) groups excluding carboxylic acids is 2. The highest BCUT2D eigenvalue weighted by molar-refractivity contribution is 7.88. The molecule has 1 aliphatic rings. The van der Waals surface area contributed by atoms with Gasteiger partial charge in [-0.05, 0) is 17.7 Å². The molecular weight excluding hydrogens is 354 g/mol. The highest BCUT2D eigenvalue weighted by atomic mass is 32.2. The average Bonchev–Trinajstić information content (AvgIpc) is 2.58. The van der Waals surface area contributed by atoms with Crippen LogP contribution in [0.5, 0.6) is 0 Å². The zero-order chi connectivity index (χ0) is 18.6. The van der Waals surface area contributed by atoms with Crippen molar-refractivity contribution in [3.8, 4) is 0 Å². The normalized spacial score (nSPS) is 18.6. The third kappa shape index (κ3) is 4.73. The molecule has 25 heavy (non-hydrogen) atoms. The van der Waals surface area contributed by atoms with E-state index in [4.69, 9.17) is 4.74 Å². The molecule has 2 rings (SSSR count). The van der Waals surface area contributed by atoms with Gasteiger partial charge in [-0.15, -0.1) is 0 Å². The Labute approximate surface area is 144 Å². The molecule has 1 fully saturated rings. The Hall–Kier alpha value is -2.53. The van der Waals surface area contributed by atoms with Crippen LogP contribution in [-0.2, 0) is 26.2 Å². The maximum atomic E-state index is 12.1.